The van der Waals surface area contributed by atoms with Crippen molar-refractivity contribution in [1.29, 1.82) is 0 Å². The van der Waals surface area contributed by atoms with Crippen LogP contribution in [0.25, 0.3) is 0 Å². The van der Waals surface area contributed by atoms with Crippen molar-refractivity contribution < 1.29 is 9.90 Å². The molecule has 0 aromatic rings. The monoisotopic (exact) mass is 210 g/mol. The van der Waals surface area contributed by atoms with Gasteiger partial charge in [-0.1, -0.05) is 0 Å². The van der Waals surface area contributed by atoms with Crippen LogP contribution in [0.5, 0.6) is 0 Å². The standard InChI is InChI=1S/C11H18N2O2/c1-6(9(4)14)8(3)13-11(12)7(2)10(5)15/h15H,1-5H3,(H2,12,13)/b8-6?,10-7-. The molecule has 84 valence electrons. The molecule has 0 radical (unpaired) electrons. The third kappa shape index (κ3) is 3.97. The van der Waals surface area contributed by atoms with Crippen LogP contribution in [0.4, 0.5) is 0 Å². The molecular formula is C11H18N2O2. The number of allylic oxidation sites excluding steroid dienone is 3. The molecule has 0 fully saturated rings. The Bertz CT molecular complexity index is 359. The summed E-state index contributed by atoms with van der Waals surface area (Å²) in [6.45, 7) is 8.09. The van der Waals surface area contributed by atoms with Gasteiger partial charge in [-0.05, 0) is 34.6 Å². The first-order valence-electron chi connectivity index (χ1n) is 4.66. The van der Waals surface area contributed by atoms with Crippen LogP contribution in [0.15, 0.2) is 27.6 Å². The number of amidine groups is 1. The van der Waals surface area contributed by atoms with Gasteiger partial charge in [-0.25, -0.2) is 4.99 Å². The molecule has 4 nitrogen and oxygen atoms in total. The number of aliphatic hydroxyl groups excluding tert-OH is 1. The predicted octanol–water partition coefficient (Wildman–Crippen LogP) is 2.08. The van der Waals surface area contributed by atoms with Gasteiger partial charge < -0.3 is 10.8 Å². The number of hydrogen-bond acceptors (Lipinski definition) is 3. The summed E-state index contributed by atoms with van der Waals surface area (Å²) in [6, 6.07) is 0. The average molecular weight is 210 g/mol. The van der Waals surface area contributed by atoms with E-state index in [9.17, 15) is 9.90 Å². The van der Waals surface area contributed by atoms with E-state index in [4.69, 9.17) is 5.73 Å². The molecule has 0 saturated carbocycles. The minimum absolute atomic E-state index is 0.0357. The zero-order valence-corrected chi connectivity index (χ0v) is 9.88. The number of carbonyl (C=O) groups is 1. The summed E-state index contributed by atoms with van der Waals surface area (Å²) in [6.07, 6.45) is 0. The lowest BCUT2D eigenvalue weighted by Gasteiger charge is -2.04. The maximum atomic E-state index is 11.0. The molecule has 0 atom stereocenters. The van der Waals surface area contributed by atoms with Gasteiger partial charge in [0.2, 0.25) is 0 Å². The van der Waals surface area contributed by atoms with Crippen molar-refractivity contribution in [3.63, 3.8) is 0 Å². The highest BCUT2D eigenvalue weighted by Crippen LogP contribution is 2.08. The van der Waals surface area contributed by atoms with Gasteiger partial charge in [-0.3, -0.25) is 4.79 Å². The van der Waals surface area contributed by atoms with Crippen LogP contribution in [0.3, 0.4) is 0 Å². The number of Topliss-reactive ketones (excluding diaryl/α,β-unsaturated/α-hetero) is 1. The Labute approximate surface area is 90.2 Å². The second-order valence-electron chi connectivity index (χ2n) is 3.47. The maximum Gasteiger partial charge on any atom is 0.157 e. The Morgan fingerprint density at radius 3 is 1.87 bits per heavy atom. The van der Waals surface area contributed by atoms with Crippen molar-refractivity contribution in [1.82, 2.24) is 0 Å². The van der Waals surface area contributed by atoms with E-state index in [0.717, 1.165) is 0 Å². The molecule has 0 heterocycles. The number of aliphatic imine (C=N–C) groups is 1. The Kier molecular flexibility index (Phi) is 4.78. The van der Waals surface area contributed by atoms with Crippen LogP contribution in [0.2, 0.25) is 0 Å². The molecule has 0 unspecified atom stereocenters. The van der Waals surface area contributed by atoms with Crippen molar-refractivity contribution >= 4 is 11.6 Å². The van der Waals surface area contributed by atoms with E-state index in [2.05, 4.69) is 4.99 Å². The van der Waals surface area contributed by atoms with Crippen LogP contribution < -0.4 is 5.73 Å². The first-order valence-corrected chi connectivity index (χ1v) is 4.66. The van der Waals surface area contributed by atoms with E-state index in [1.807, 2.05) is 0 Å². The highest BCUT2D eigenvalue weighted by atomic mass is 16.3. The van der Waals surface area contributed by atoms with Crippen molar-refractivity contribution in [2.45, 2.75) is 34.6 Å². The minimum Gasteiger partial charge on any atom is -0.512 e. The molecule has 4 heteroatoms. The summed E-state index contributed by atoms with van der Waals surface area (Å²) in [5, 5.41) is 9.19. The number of nitrogens with zero attached hydrogens (tertiary/aromatic N) is 1. The smallest absolute Gasteiger partial charge is 0.157 e. The lowest BCUT2D eigenvalue weighted by molar-refractivity contribution is -0.113. The third-order valence-electron chi connectivity index (χ3n) is 2.29. The van der Waals surface area contributed by atoms with Crippen LogP contribution in [-0.4, -0.2) is 16.7 Å². The summed E-state index contributed by atoms with van der Waals surface area (Å²) in [4.78, 5) is 15.1. The number of rotatable bonds is 3. The quantitative estimate of drug-likeness (QED) is 0.324. The number of ketones is 1. The highest BCUT2D eigenvalue weighted by Gasteiger charge is 2.04. The molecule has 0 aliphatic rings. The highest BCUT2D eigenvalue weighted by molar-refractivity contribution is 5.98. The fraction of sp³-hybridized carbons (Fsp3) is 0.455. The lowest BCUT2D eigenvalue weighted by Crippen LogP contribution is -2.15. The molecule has 0 aromatic carbocycles. The Hall–Kier alpha value is -1.58. The molecule has 0 bridgehead atoms. The molecule has 0 aliphatic carbocycles. The van der Waals surface area contributed by atoms with E-state index in [1.165, 1.54) is 13.8 Å². The van der Waals surface area contributed by atoms with Gasteiger partial charge in [0.05, 0.1) is 5.76 Å². The predicted molar refractivity (Wildman–Crippen MR) is 61.7 cm³/mol. The second-order valence-corrected chi connectivity index (χ2v) is 3.47. The molecule has 0 aliphatic heterocycles. The number of hydrogen-bond donors (Lipinski definition) is 2. The summed E-state index contributed by atoms with van der Waals surface area (Å²) >= 11 is 0. The summed E-state index contributed by atoms with van der Waals surface area (Å²) < 4.78 is 0. The Morgan fingerprint density at radius 1 is 1.07 bits per heavy atom. The van der Waals surface area contributed by atoms with Crippen molar-refractivity contribution in [3.05, 3.63) is 22.6 Å². The zero-order chi connectivity index (χ0) is 12.2. The molecule has 15 heavy (non-hydrogen) atoms. The van der Waals surface area contributed by atoms with Gasteiger partial charge in [0, 0.05) is 16.8 Å². The number of aliphatic hydroxyl groups is 1. The van der Waals surface area contributed by atoms with Gasteiger partial charge in [0.15, 0.2) is 5.78 Å². The van der Waals surface area contributed by atoms with Crippen molar-refractivity contribution in [2.75, 3.05) is 0 Å². The normalized spacial score (nSPS) is 15.7. The molecular weight excluding hydrogens is 192 g/mol. The van der Waals surface area contributed by atoms with Crippen LogP contribution >= 0.6 is 0 Å². The minimum atomic E-state index is -0.0357. The summed E-state index contributed by atoms with van der Waals surface area (Å²) in [5.74, 6) is 0.323. The topological polar surface area (TPSA) is 75.7 Å². The fourth-order valence-electron chi connectivity index (χ4n) is 0.788. The van der Waals surface area contributed by atoms with Crippen molar-refractivity contribution in [2.24, 2.45) is 10.7 Å². The van der Waals surface area contributed by atoms with Gasteiger partial charge in [0.1, 0.15) is 5.84 Å². The largest absolute Gasteiger partial charge is 0.512 e. The van der Waals surface area contributed by atoms with Crippen LogP contribution in [0.1, 0.15) is 34.6 Å². The van der Waals surface area contributed by atoms with E-state index < -0.39 is 0 Å². The van der Waals surface area contributed by atoms with Crippen LogP contribution in [0, 0.1) is 0 Å². The molecule has 0 rings (SSSR count). The number of carbonyl (C=O) groups excluding carboxylic acids is 1. The van der Waals surface area contributed by atoms with Crippen LogP contribution in [-0.2, 0) is 4.79 Å². The summed E-state index contributed by atoms with van der Waals surface area (Å²) in [5.41, 5.74) is 7.30. The van der Waals surface area contributed by atoms with E-state index in [0.29, 0.717) is 16.8 Å². The van der Waals surface area contributed by atoms with E-state index >= 15 is 0 Å². The van der Waals surface area contributed by atoms with Crippen molar-refractivity contribution in [3.8, 4) is 0 Å². The van der Waals surface area contributed by atoms with Gasteiger partial charge in [-0.15, -0.1) is 0 Å². The molecule has 3 N–H and O–H groups in total. The SMILES string of the molecule is CC(=O)C(C)=C(C)N=C(N)/C(C)=C(/C)O. The van der Waals surface area contributed by atoms with E-state index in [-0.39, 0.29) is 17.4 Å². The van der Waals surface area contributed by atoms with Gasteiger partial charge >= 0.3 is 0 Å². The lowest BCUT2D eigenvalue weighted by atomic mass is 10.2. The summed E-state index contributed by atoms with van der Waals surface area (Å²) in [7, 11) is 0. The first-order chi connectivity index (χ1) is 6.77. The Morgan fingerprint density at radius 2 is 1.53 bits per heavy atom. The van der Waals surface area contributed by atoms with Gasteiger partial charge in [0.25, 0.3) is 0 Å². The fourth-order valence-corrected chi connectivity index (χ4v) is 0.788. The molecule has 0 aromatic heterocycles. The molecule has 0 saturated heterocycles. The van der Waals surface area contributed by atoms with E-state index in [1.54, 1.807) is 20.8 Å². The first kappa shape index (κ1) is 13.4. The molecule has 0 spiro atoms. The van der Waals surface area contributed by atoms with Gasteiger partial charge in [-0.2, -0.15) is 0 Å². The molecule has 0 amide bonds. The zero-order valence-electron chi connectivity index (χ0n) is 9.88. The number of nitrogens with two attached hydrogens (primary N) is 1. The maximum absolute atomic E-state index is 11.0. The Balaban J connectivity index is 5.18. The third-order valence-corrected chi connectivity index (χ3v) is 2.29. The average Bonchev–Trinajstić information content (AvgIpc) is 2.14. The second kappa shape index (κ2) is 5.34.